The molecule has 2 aromatic carbocycles. The van der Waals surface area contributed by atoms with Crippen molar-refractivity contribution < 1.29 is 20.1 Å². The van der Waals surface area contributed by atoms with Gasteiger partial charge in [-0.2, -0.15) is 0 Å². The van der Waals surface area contributed by atoms with E-state index in [0.717, 1.165) is 10.8 Å². The lowest BCUT2D eigenvalue weighted by molar-refractivity contribution is 0.0197. The average molecular weight is 316 g/mol. The lowest BCUT2D eigenvalue weighted by Gasteiger charge is -2.17. The molecule has 6 nitrogen and oxygen atoms in total. The van der Waals surface area contributed by atoms with E-state index in [1.165, 1.54) is 0 Å². The molecule has 0 aliphatic carbocycles. The molecule has 0 radical (unpaired) electrons. The predicted molar refractivity (Wildman–Crippen MR) is 86.1 cm³/mol. The van der Waals surface area contributed by atoms with Gasteiger partial charge in [0.25, 0.3) is 5.91 Å². The van der Waals surface area contributed by atoms with Crippen molar-refractivity contribution >= 4 is 16.7 Å². The number of fused-ring (bicyclic) bond motifs is 1. The molecule has 0 spiro atoms. The first-order valence-corrected chi connectivity index (χ1v) is 7.61. The Hall–Kier alpha value is -1.99. The van der Waals surface area contributed by atoms with Crippen LogP contribution in [0.25, 0.3) is 10.8 Å². The van der Waals surface area contributed by atoms with Gasteiger partial charge in [0, 0.05) is 12.1 Å². The lowest BCUT2D eigenvalue weighted by atomic mass is 10.0. The van der Waals surface area contributed by atoms with Crippen LogP contribution in [0, 0.1) is 0 Å². The molecule has 1 fully saturated rings. The number of hydrogen-bond donors (Lipinski definition) is 5. The summed E-state index contributed by atoms with van der Waals surface area (Å²) >= 11 is 0. The third kappa shape index (κ3) is 3.07. The summed E-state index contributed by atoms with van der Waals surface area (Å²) < 4.78 is 0. The maximum Gasteiger partial charge on any atom is 0.251 e. The van der Waals surface area contributed by atoms with Crippen molar-refractivity contribution in [2.75, 3.05) is 13.2 Å². The molecular weight excluding hydrogens is 296 g/mol. The lowest BCUT2D eigenvalue weighted by Crippen LogP contribution is -2.44. The van der Waals surface area contributed by atoms with Crippen molar-refractivity contribution in [1.29, 1.82) is 0 Å². The van der Waals surface area contributed by atoms with Gasteiger partial charge in [-0.1, -0.05) is 36.4 Å². The zero-order chi connectivity index (χ0) is 16.4. The Balaban J connectivity index is 1.70. The second-order valence-electron chi connectivity index (χ2n) is 5.78. The van der Waals surface area contributed by atoms with E-state index in [4.69, 9.17) is 5.11 Å². The molecule has 4 atom stereocenters. The molecule has 0 bridgehead atoms. The van der Waals surface area contributed by atoms with Gasteiger partial charge in [0.1, 0.15) is 0 Å². The van der Waals surface area contributed by atoms with Crippen molar-refractivity contribution in [3.8, 4) is 0 Å². The van der Waals surface area contributed by atoms with E-state index in [9.17, 15) is 15.0 Å². The van der Waals surface area contributed by atoms with Crippen molar-refractivity contribution in [2.24, 2.45) is 0 Å². The van der Waals surface area contributed by atoms with Gasteiger partial charge < -0.3 is 26.0 Å². The first-order valence-electron chi connectivity index (χ1n) is 7.61. The van der Waals surface area contributed by atoms with Crippen LogP contribution in [0.15, 0.2) is 42.5 Å². The summed E-state index contributed by atoms with van der Waals surface area (Å²) in [7, 11) is 0. The third-order valence-electron chi connectivity index (χ3n) is 4.32. The van der Waals surface area contributed by atoms with Crippen LogP contribution < -0.4 is 10.6 Å². The first kappa shape index (κ1) is 15.9. The Labute approximate surface area is 133 Å². The number of hydrogen-bond acceptors (Lipinski definition) is 5. The summed E-state index contributed by atoms with van der Waals surface area (Å²) in [4.78, 5) is 12.4. The fourth-order valence-corrected chi connectivity index (χ4v) is 3.01. The Kier molecular flexibility index (Phi) is 4.58. The zero-order valence-electron chi connectivity index (χ0n) is 12.5. The fourth-order valence-electron chi connectivity index (χ4n) is 3.01. The number of amides is 1. The number of nitrogens with one attached hydrogen (secondary N) is 2. The van der Waals surface area contributed by atoms with Gasteiger partial charge in [-0.15, -0.1) is 0 Å². The van der Waals surface area contributed by atoms with Crippen molar-refractivity contribution in [3.05, 3.63) is 48.0 Å². The Bertz CT molecular complexity index is 701. The number of aliphatic hydroxyl groups is 3. The summed E-state index contributed by atoms with van der Waals surface area (Å²) in [6.07, 6.45) is -2.07. The molecule has 1 heterocycles. The number of aliphatic hydroxyl groups excluding tert-OH is 3. The molecule has 6 heteroatoms. The van der Waals surface area contributed by atoms with Crippen LogP contribution in [0.3, 0.4) is 0 Å². The fraction of sp³-hybridized carbons (Fsp3) is 0.353. The van der Waals surface area contributed by atoms with Gasteiger partial charge in [0.05, 0.1) is 30.9 Å². The van der Waals surface area contributed by atoms with Gasteiger partial charge >= 0.3 is 0 Å². The molecule has 1 aliphatic rings. The molecule has 23 heavy (non-hydrogen) atoms. The van der Waals surface area contributed by atoms with Crippen LogP contribution in [0.1, 0.15) is 10.4 Å². The van der Waals surface area contributed by atoms with Crippen LogP contribution >= 0.6 is 0 Å². The minimum absolute atomic E-state index is 0.163. The molecule has 0 unspecified atom stereocenters. The Morgan fingerprint density at radius 2 is 1.74 bits per heavy atom. The molecule has 0 aromatic heterocycles. The maximum atomic E-state index is 12.4. The second-order valence-corrected chi connectivity index (χ2v) is 5.78. The molecular formula is C17H20N2O4. The predicted octanol–water partition coefficient (Wildman–Crippen LogP) is -0.376. The molecule has 1 amide bonds. The second kappa shape index (κ2) is 6.64. The molecule has 1 saturated heterocycles. The number of carbonyl (C=O) groups is 1. The summed E-state index contributed by atoms with van der Waals surface area (Å²) in [5, 5.41) is 36.4. The highest BCUT2D eigenvalue weighted by Gasteiger charge is 2.40. The Morgan fingerprint density at radius 3 is 2.48 bits per heavy atom. The van der Waals surface area contributed by atoms with E-state index >= 15 is 0 Å². The van der Waals surface area contributed by atoms with Crippen molar-refractivity contribution in [1.82, 2.24) is 10.6 Å². The number of rotatable bonds is 4. The molecule has 2 aromatic rings. The monoisotopic (exact) mass is 316 g/mol. The van der Waals surface area contributed by atoms with E-state index in [1.807, 2.05) is 36.4 Å². The van der Waals surface area contributed by atoms with E-state index in [0.29, 0.717) is 5.56 Å². The minimum atomic E-state index is -1.04. The normalized spacial score (nSPS) is 27.3. The maximum absolute atomic E-state index is 12.4. The van der Waals surface area contributed by atoms with E-state index < -0.39 is 24.3 Å². The molecule has 0 saturated carbocycles. The summed E-state index contributed by atoms with van der Waals surface area (Å²) in [5.74, 6) is -0.238. The van der Waals surface area contributed by atoms with Crippen LogP contribution in [0.4, 0.5) is 0 Å². The summed E-state index contributed by atoms with van der Waals surface area (Å²) in [6.45, 7) is -0.108. The summed E-state index contributed by atoms with van der Waals surface area (Å²) in [5.41, 5.74) is 0.565. The first-order chi connectivity index (χ1) is 11.1. The largest absolute Gasteiger partial charge is 0.395 e. The van der Waals surface area contributed by atoms with Crippen LogP contribution in [-0.4, -0.2) is 58.7 Å². The highest BCUT2D eigenvalue weighted by molar-refractivity contribution is 6.07. The molecule has 122 valence electrons. The van der Waals surface area contributed by atoms with Gasteiger partial charge in [-0.25, -0.2) is 0 Å². The number of benzene rings is 2. The minimum Gasteiger partial charge on any atom is -0.395 e. The quantitative estimate of drug-likeness (QED) is 0.529. The van der Waals surface area contributed by atoms with Gasteiger partial charge in [-0.05, 0) is 16.8 Å². The number of carbonyl (C=O) groups excluding carboxylic acids is 1. The van der Waals surface area contributed by atoms with E-state index in [2.05, 4.69) is 10.6 Å². The topological polar surface area (TPSA) is 102 Å². The Morgan fingerprint density at radius 1 is 1.04 bits per heavy atom. The highest BCUT2D eigenvalue weighted by Crippen LogP contribution is 2.19. The van der Waals surface area contributed by atoms with Gasteiger partial charge in [0.2, 0.25) is 0 Å². The molecule has 5 N–H and O–H groups in total. The van der Waals surface area contributed by atoms with Crippen molar-refractivity contribution in [2.45, 2.75) is 24.3 Å². The molecule has 3 rings (SSSR count). The van der Waals surface area contributed by atoms with Crippen molar-refractivity contribution in [3.63, 3.8) is 0 Å². The summed E-state index contributed by atoms with van der Waals surface area (Å²) in [6, 6.07) is 12.1. The van der Waals surface area contributed by atoms with Crippen LogP contribution in [-0.2, 0) is 0 Å². The van der Waals surface area contributed by atoms with Crippen LogP contribution in [0.5, 0.6) is 0 Å². The third-order valence-corrected chi connectivity index (χ3v) is 4.32. The standard InChI is InChI=1S/C17H20N2O4/c20-9-14-16(22)15(21)13(19-14)8-18-17(23)12-7-3-5-10-4-1-2-6-11(10)12/h1-7,13-16,19-22H,8-9H2,(H,18,23)/t13-,14-,15-,16+/m1/s1. The average Bonchev–Trinajstić information content (AvgIpc) is 2.86. The van der Waals surface area contributed by atoms with E-state index in [1.54, 1.807) is 6.07 Å². The highest BCUT2D eigenvalue weighted by atomic mass is 16.3. The van der Waals surface area contributed by atoms with Gasteiger partial charge in [-0.3, -0.25) is 4.79 Å². The SMILES string of the molecule is O=C(NC[C@H]1N[C@H](CO)[C@H](O)[C@@H]1O)c1cccc2ccccc12. The zero-order valence-corrected chi connectivity index (χ0v) is 12.5. The van der Waals surface area contributed by atoms with Crippen LogP contribution in [0.2, 0.25) is 0 Å². The molecule has 1 aliphatic heterocycles. The smallest absolute Gasteiger partial charge is 0.251 e. The van der Waals surface area contributed by atoms with Gasteiger partial charge in [0.15, 0.2) is 0 Å². The van der Waals surface area contributed by atoms with E-state index in [-0.39, 0.29) is 19.1 Å².